The first kappa shape index (κ1) is 13.9. The zero-order chi connectivity index (χ0) is 13.0. The van der Waals surface area contributed by atoms with E-state index in [1.807, 2.05) is 18.2 Å². The van der Waals surface area contributed by atoms with E-state index in [1.165, 1.54) is 32.1 Å². The monoisotopic (exact) mass is 311 g/mol. The van der Waals surface area contributed by atoms with Gasteiger partial charge < -0.3 is 10.4 Å². The van der Waals surface area contributed by atoms with E-state index in [-0.39, 0.29) is 0 Å². The molecule has 1 aromatic rings. The van der Waals surface area contributed by atoms with E-state index < -0.39 is 0 Å². The van der Waals surface area contributed by atoms with Crippen LogP contribution < -0.4 is 5.32 Å². The molecule has 0 aromatic heterocycles. The fourth-order valence-electron chi connectivity index (χ4n) is 2.73. The number of phenolic OH excluding ortho intramolecular Hbond substituents is 1. The van der Waals surface area contributed by atoms with Gasteiger partial charge in [0.05, 0.1) is 4.47 Å². The molecule has 2 N–H and O–H groups in total. The molecule has 1 aromatic carbocycles. The molecule has 18 heavy (non-hydrogen) atoms. The minimum Gasteiger partial charge on any atom is -0.506 e. The van der Waals surface area contributed by atoms with Crippen molar-refractivity contribution in [2.45, 2.75) is 51.6 Å². The quantitative estimate of drug-likeness (QED) is 0.873. The average Bonchev–Trinajstić information content (AvgIpc) is 2.41. The van der Waals surface area contributed by atoms with E-state index in [2.05, 4.69) is 28.2 Å². The van der Waals surface area contributed by atoms with Gasteiger partial charge in [0.2, 0.25) is 0 Å². The Kier molecular flexibility index (Phi) is 5.07. The predicted octanol–water partition coefficient (Wildman–Crippen LogP) is 4.21. The van der Waals surface area contributed by atoms with Crippen LogP contribution in [0.4, 0.5) is 0 Å². The molecule has 3 heteroatoms. The van der Waals surface area contributed by atoms with Crippen molar-refractivity contribution in [3.05, 3.63) is 28.2 Å². The lowest BCUT2D eigenvalue weighted by Gasteiger charge is -2.28. The van der Waals surface area contributed by atoms with Gasteiger partial charge in [0.15, 0.2) is 0 Å². The van der Waals surface area contributed by atoms with Gasteiger partial charge in [0.25, 0.3) is 0 Å². The Balaban J connectivity index is 1.83. The molecular weight excluding hydrogens is 290 g/mol. The Morgan fingerprint density at radius 3 is 2.67 bits per heavy atom. The van der Waals surface area contributed by atoms with E-state index in [9.17, 15) is 5.11 Å². The van der Waals surface area contributed by atoms with Gasteiger partial charge in [0, 0.05) is 18.2 Å². The van der Waals surface area contributed by atoms with Crippen molar-refractivity contribution in [2.75, 3.05) is 0 Å². The fourth-order valence-corrected chi connectivity index (χ4v) is 3.14. The van der Waals surface area contributed by atoms with Crippen LogP contribution in [0, 0.1) is 5.92 Å². The SMILES string of the molecule is CCC1CCC(NCc2cccc(Br)c2O)CC1. The van der Waals surface area contributed by atoms with Crippen molar-refractivity contribution < 1.29 is 5.11 Å². The number of rotatable bonds is 4. The molecule has 0 saturated heterocycles. The lowest BCUT2D eigenvalue weighted by atomic mass is 9.84. The van der Waals surface area contributed by atoms with Gasteiger partial charge >= 0.3 is 0 Å². The molecule has 0 radical (unpaired) electrons. The summed E-state index contributed by atoms with van der Waals surface area (Å²) < 4.78 is 0.775. The first-order valence-corrected chi connectivity index (χ1v) is 7.69. The van der Waals surface area contributed by atoms with Gasteiger partial charge in [-0.15, -0.1) is 0 Å². The second-order valence-electron chi connectivity index (χ2n) is 5.25. The Labute approximate surface area is 118 Å². The molecule has 1 saturated carbocycles. The lowest BCUT2D eigenvalue weighted by molar-refractivity contribution is 0.284. The molecule has 0 unspecified atom stereocenters. The highest BCUT2D eigenvalue weighted by Gasteiger charge is 2.19. The number of hydrogen-bond donors (Lipinski definition) is 2. The van der Waals surface area contributed by atoms with Crippen molar-refractivity contribution in [3.63, 3.8) is 0 Å². The normalized spacial score (nSPS) is 24.1. The highest BCUT2D eigenvalue weighted by molar-refractivity contribution is 9.10. The number of phenols is 1. The Morgan fingerprint density at radius 1 is 1.28 bits per heavy atom. The molecule has 0 atom stereocenters. The molecular formula is C15H22BrNO. The average molecular weight is 312 g/mol. The van der Waals surface area contributed by atoms with Crippen molar-refractivity contribution in [1.29, 1.82) is 0 Å². The fraction of sp³-hybridized carbons (Fsp3) is 0.600. The number of nitrogens with one attached hydrogen (secondary N) is 1. The maximum absolute atomic E-state index is 9.92. The summed E-state index contributed by atoms with van der Waals surface area (Å²) in [5, 5.41) is 13.5. The summed E-state index contributed by atoms with van der Waals surface area (Å²) in [7, 11) is 0. The van der Waals surface area contributed by atoms with Gasteiger partial charge in [-0.25, -0.2) is 0 Å². The summed E-state index contributed by atoms with van der Waals surface area (Å²) in [6, 6.07) is 6.43. The molecule has 0 bridgehead atoms. The number of aromatic hydroxyl groups is 1. The van der Waals surface area contributed by atoms with E-state index in [0.29, 0.717) is 11.8 Å². The third kappa shape index (κ3) is 3.48. The van der Waals surface area contributed by atoms with Crippen LogP contribution >= 0.6 is 15.9 Å². The van der Waals surface area contributed by atoms with Crippen LogP contribution in [0.3, 0.4) is 0 Å². The van der Waals surface area contributed by atoms with Crippen LogP contribution in [-0.2, 0) is 6.54 Å². The summed E-state index contributed by atoms with van der Waals surface area (Å²) in [6.07, 6.45) is 6.55. The van der Waals surface area contributed by atoms with Crippen LogP contribution in [0.2, 0.25) is 0 Å². The molecule has 0 amide bonds. The Bertz CT molecular complexity index is 386. The zero-order valence-electron chi connectivity index (χ0n) is 11.0. The Morgan fingerprint density at radius 2 is 2.00 bits per heavy atom. The molecule has 2 rings (SSSR count). The van der Waals surface area contributed by atoms with Crippen molar-refractivity contribution in [1.82, 2.24) is 5.32 Å². The highest BCUT2D eigenvalue weighted by atomic mass is 79.9. The Hall–Kier alpha value is -0.540. The number of halogens is 1. The van der Waals surface area contributed by atoms with Crippen molar-refractivity contribution >= 4 is 15.9 Å². The largest absolute Gasteiger partial charge is 0.506 e. The maximum Gasteiger partial charge on any atom is 0.134 e. The van der Waals surface area contributed by atoms with Gasteiger partial charge in [-0.3, -0.25) is 0 Å². The van der Waals surface area contributed by atoms with E-state index in [4.69, 9.17) is 0 Å². The standard InChI is InChI=1S/C15H22BrNO/c1-2-11-6-8-13(9-7-11)17-10-12-4-3-5-14(16)15(12)18/h3-5,11,13,17-18H,2,6-10H2,1H3. The smallest absolute Gasteiger partial charge is 0.134 e. The van der Waals surface area contributed by atoms with Gasteiger partial charge in [-0.1, -0.05) is 25.5 Å². The van der Waals surface area contributed by atoms with Crippen LogP contribution in [-0.4, -0.2) is 11.1 Å². The highest BCUT2D eigenvalue weighted by Crippen LogP contribution is 2.29. The molecule has 0 aliphatic heterocycles. The number of benzene rings is 1. The molecule has 1 aliphatic carbocycles. The topological polar surface area (TPSA) is 32.3 Å². The summed E-state index contributed by atoms with van der Waals surface area (Å²) in [6.45, 7) is 3.05. The molecule has 100 valence electrons. The minimum absolute atomic E-state index is 0.368. The van der Waals surface area contributed by atoms with Gasteiger partial charge in [-0.05, 0) is 53.6 Å². The molecule has 1 aliphatic rings. The van der Waals surface area contributed by atoms with Crippen LogP contribution in [0.25, 0.3) is 0 Å². The van der Waals surface area contributed by atoms with Crippen LogP contribution in [0.5, 0.6) is 5.75 Å². The summed E-state index contributed by atoms with van der Waals surface area (Å²) in [5.74, 6) is 1.30. The first-order chi connectivity index (χ1) is 8.70. The predicted molar refractivity (Wildman–Crippen MR) is 78.7 cm³/mol. The van der Waals surface area contributed by atoms with E-state index in [0.717, 1.165) is 22.5 Å². The number of hydrogen-bond acceptors (Lipinski definition) is 2. The zero-order valence-corrected chi connectivity index (χ0v) is 12.5. The summed E-state index contributed by atoms with van der Waals surface area (Å²) in [5.41, 5.74) is 0.974. The minimum atomic E-state index is 0.368. The van der Waals surface area contributed by atoms with E-state index >= 15 is 0 Å². The molecule has 2 nitrogen and oxygen atoms in total. The second kappa shape index (κ2) is 6.58. The van der Waals surface area contributed by atoms with Gasteiger partial charge in [0.1, 0.15) is 5.75 Å². The number of para-hydroxylation sites is 1. The van der Waals surface area contributed by atoms with Crippen molar-refractivity contribution in [2.24, 2.45) is 5.92 Å². The van der Waals surface area contributed by atoms with Gasteiger partial charge in [-0.2, -0.15) is 0 Å². The van der Waals surface area contributed by atoms with Crippen LogP contribution in [0.1, 0.15) is 44.6 Å². The van der Waals surface area contributed by atoms with E-state index in [1.54, 1.807) is 0 Å². The maximum atomic E-state index is 9.92. The molecule has 1 fully saturated rings. The van der Waals surface area contributed by atoms with Crippen molar-refractivity contribution in [3.8, 4) is 5.75 Å². The second-order valence-corrected chi connectivity index (χ2v) is 6.11. The molecule has 0 spiro atoms. The third-order valence-corrected chi connectivity index (χ3v) is 4.72. The summed E-state index contributed by atoms with van der Waals surface area (Å²) >= 11 is 3.35. The van der Waals surface area contributed by atoms with Crippen LogP contribution in [0.15, 0.2) is 22.7 Å². The first-order valence-electron chi connectivity index (χ1n) is 6.90. The third-order valence-electron chi connectivity index (χ3n) is 4.08. The summed E-state index contributed by atoms with van der Waals surface area (Å²) in [4.78, 5) is 0. The molecule has 0 heterocycles. The lowest BCUT2D eigenvalue weighted by Crippen LogP contribution is -2.32.